The molecule has 5 nitrogen and oxygen atoms in total. The van der Waals surface area contributed by atoms with Crippen LogP contribution >= 0.6 is 0 Å². The van der Waals surface area contributed by atoms with Crippen molar-refractivity contribution in [3.63, 3.8) is 0 Å². The molecule has 3 fully saturated rings. The summed E-state index contributed by atoms with van der Waals surface area (Å²) in [4.78, 5) is 25.9. The van der Waals surface area contributed by atoms with E-state index in [1.807, 2.05) is 0 Å². The molecule has 1 aliphatic heterocycles. The van der Waals surface area contributed by atoms with Crippen LogP contribution in [0.25, 0.3) is 0 Å². The molecule has 1 N–H and O–H groups in total. The number of alkyl carbamates (subject to hydrolysis) is 1. The summed E-state index contributed by atoms with van der Waals surface area (Å²) < 4.78 is 45.9. The summed E-state index contributed by atoms with van der Waals surface area (Å²) in [5.74, 6) is -1.64. The van der Waals surface area contributed by atoms with Gasteiger partial charge in [0, 0.05) is 25.6 Å². The van der Waals surface area contributed by atoms with Crippen LogP contribution in [-0.2, 0) is 9.53 Å². The van der Waals surface area contributed by atoms with Gasteiger partial charge in [0.2, 0.25) is 5.91 Å². The first kappa shape index (κ1) is 20.3. The zero-order valence-electron chi connectivity index (χ0n) is 16.1. The highest BCUT2D eigenvalue weighted by molar-refractivity contribution is 5.77. The molecule has 2 aliphatic carbocycles. The van der Waals surface area contributed by atoms with Crippen molar-refractivity contribution in [1.29, 1.82) is 0 Å². The fourth-order valence-corrected chi connectivity index (χ4v) is 6.03. The number of nitrogens with zero attached hydrogens (tertiary/aromatic N) is 1. The summed E-state index contributed by atoms with van der Waals surface area (Å²) in [7, 11) is 1.81. The molecular weight excluding hydrogens is 361 g/mol. The summed E-state index contributed by atoms with van der Waals surface area (Å²) in [6.45, 7) is 3.87. The maximum Gasteiger partial charge on any atom is 0.407 e. The number of piperidine rings is 1. The second kappa shape index (κ2) is 7.17. The minimum atomic E-state index is -4.35. The molecule has 1 saturated heterocycles. The zero-order chi connectivity index (χ0) is 20.0. The standard InChI is InChI=1S/C19H29F3N2O3/c1-4-27-17(26)23-16-11-5-8-14-18(2,10-9-15(25)24(14)3)12(11)6-7-13(16)19(20,21)22/h11-14,16H,4-10H2,1-3H3,(H,23,26)/t11?,12?,13?,14?,16?,18-/m1/s1. The predicted molar refractivity (Wildman–Crippen MR) is 92.8 cm³/mol. The van der Waals surface area contributed by atoms with Crippen molar-refractivity contribution in [3.05, 3.63) is 0 Å². The Kier molecular flexibility index (Phi) is 5.38. The van der Waals surface area contributed by atoms with Gasteiger partial charge < -0.3 is 15.0 Å². The summed E-state index contributed by atoms with van der Waals surface area (Å²) >= 11 is 0. The Morgan fingerprint density at radius 2 is 2.00 bits per heavy atom. The fourth-order valence-electron chi connectivity index (χ4n) is 6.03. The Hall–Kier alpha value is -1.47. The van der Waals surface area contributed by atoms with Crippen molar-refractivity contribution in [1.82, 2.24) is 10.2 Å². The van der Waals surface area contributed by atoms with Crippen molar-refractivity contribution >= 4 is 12.0 Å². The van der Waals surface area contributed by atoms with Gasteiger partial charge in [0.15, 0.2) is 0 Å². The molecule has 27 heavy (non-hydrogen) atoms. The van der Waals surface area contributed by atoms with Crippen LogP contribution in [0.3, 0.4) is 0 Å². The normalized spacial score (nSPS) is 39.4. The number of carbonyl (C=O) groups excluding carboxylic acids is 2. The summed E-state index contributed by atoms with van der Waals surface area (Å²) in [5.41, 5.74) is -0.212. The average Bonchev–Trinajstić information content (AvgIpc) is 2.58. The van der Waals surface area contributed by atoms with Gasteiger partial charge in [0.1, 0.15) is 0 Å². The molecule has 154 valence electrons. The van der Waals surface area contributed by atoms with E-state index in [1.165, 1.54) is 0 Å². The molecule has 0 bridgehead atoms. The van der Waals surface area contributed by atoms with Crippen molar-refractivity contribution in [3.8, 4) is 0 Å². The van der Waals surface area contributed by atoms with Crippen LogP contribution in [0.2, 0.25) is 0 Å². The molecule has 2 amide bonds. The van der Waals surface area contributed by atoms with Gasteiger partial charge in [-0.25, -0.2) is 4.79 Å². The quantitative estimate of drug-likeness (QED) is 0.782. The molecule has 3 aliphatic rings. The number of likely N-dealkylation sites (tertiary alicyclic amines) is 1. The minimum Gasteiger partial charge on any atom is -0.450 e. The van der Waals surface area contributed by atoms with E-state index in [0.29, 0.717) is 32.1 Å². The van der Waals surface area contributed by atoms with Crippen molar-refractivity contribution in [2.24, 2.45) is 23.2 Å². The predicted octanol–water partition coefficient (Wildman–Crippen LogP) is 3.73. The Morgan fingerprint density at radius 3 is 2.63 bits per heavy atom. The highest BCUT2D eigenvalue weighted by Crippen LogP contribution is 2.58. The zero-order valence-corrected chi connectivity index (χ0v) is 16.1. The van der Waals surface area contributed by atoms with Crippen molar-refractivity contribution < 1.29 is 27.5 Å². The number of amides is 2. The number of fused-ring (bicyclic) bond motifs is 3. The molecule has 0 aromatic heterocycles. The number of carbonyl (C=O) groups is 2. The average molecular weight is 390 g/mol. The summed E-state index contributed by atoms with van der Waals surface area (Å²) in [5, 5.41) is 2.55. The smallest absolute Gasteiger partial charge is 0.407 e. The van der Waals surface area contributed by atoms with Gasteiger partial charge in [-0.3, -0.25) is 4.79 Å². The number of halogens is 3. The highest BCUT2D eigenvalue weighted by Gasteiger charge is 2.60. The second-order valence-corrected chi connectivity index (χ2v) is 8.49. The van der Waals surface area contributed by atoms with E-state index < -0.39 is 24.2 Å². The Morgan fingerprint density at radius 1 is 1.30 bits per heavy atom. The van der Waals surface area contributed by atoms with Gasteiger partial charge in [0.25, 0.3) is 0 Å². The van der Waals surface area contributed by atoms with Gasteiger partial charge in [-0.2, -0.15) is 13.2 Å². The lowest BCUT2D eigenvalue weighted by atomic mass is 9.51. The summed E-state index contributed by atoms with van der Waals surface area (Å²) in [6.07, 6.45) is -2.27. The number of nitrogens with one attached hydrogen (secondary N) is 1. The van der Waals surface area contributed by atoms with E-state index in [9.17, 15) is 22.8 Å². The molecule has 5 unspecified atom stereocenters. The first-order chi connectivity index (χ1) is 12.6. The third-order valence-electron chi connectivity index (χ3n) is 7.30. The van der Waals surface area contributed by atoms with E-state index in [-0.39, 0.29) is 42.2 Å². The van der Waals surface area contributed by atoms with E-state index in [1.54, 1.807) is 18.9 Å². The lowest BCUT2D eigenvalue weighted by molar-refractivity contribution is -0.209. The van der Waals surface area contributed by atoms with Crippen LogP contribution in [0, 0.1) is 23.2 Å². The molecule has 0 aromatic carbocycles. The third kappa shape index (κ3) is 3.51. The molecule has 2 saturated carbocycles. The maximum absolute atomic E-state index is 13.7. The molecule has 1 heterocycles. The number of ether oxygens (including phenoxy) is 1. The van der Waals surface area contributed by atoms with Gasteiger partial charge in [-0.05, 0) is 56.3 Å². The topological polar surface area (TPSA) is 58.6 Å². The van der Waals surface area contributed by atoms with Crippen molar-refractivity contribution in [2.75, 3.05) is 13.7 Å². The molecule has 0 radical (unpaired) electrons. The number of hydrogen-bond donors (Lipinski definition) is 1. The van der Waals surface area contributed by atoms with Crippen LogP contribution in [0.15, 0.2) is 0 Å². The van der Waals surface area contributed by atoms with E-state index >= 15 is 0 Å². The number of hydrogen-bond acceptors (Lipinski definition) is 3. The van der Waals surface area contributed by atoms with Gasteiger partial charge in [0.05, 0.1) is 12.5 Å². The minimum absolute atomic E-state index is 0.00170. The highest BCUT2D eigenvalue weighted by atomic mass is 19.4. The van der Waals surface area contributed by atoms with Crippen molar-refractivity contribution in [2.45, 2.75) is 70.6 Å². The van der Waals surface area contributed by atoms with Crippen LogP contribution in [0.4, 0.5) is 18.0 Å². The van der Waals surface area contributed by atoms with Crippen LogP contribution in [-0.4, -0.2) is 48.8 Å². The molecule has 6 atom stereocenters. The monoisotopic (exact) mass is 390 g/mol. The molecular formula is C19H29F3N2O3. The van der Waals surface area contributed by atoms with Crippen LogP contribution < -0.4 is 5.32 Å². The van der Waals surface area contributed by atoms with Gasteiger partial charge >= 0.3 is 12.3 Å². The van der Waals surface area contributed by atoms with E-state index in [4.69, 9.17) is 4.74 Å². The lowest BCUT2D eigenvalue weighted by Gasteiger charge is -2.60. The number of rotatable bonds is 2. The van der Waals surface area contributed by atoms with Gasteiger partial charge in [-0.15, -0.1) is 0 Å². The van der Waals surface area contributed by atoms with Crippen LogP contribution in [0.1, 0.15) is 52.4 Å². The number of alkyl halides is 3. The fraction of sp³-hybridized carbons (Fsp3) is 0.895. The first-order valence-electron chi connectivity index (χ1n) is 9.85. The van der Waals surface area contributed by atoms with Gasteiger partial charge in [-0.1, -0.05) is 6.92 Å². The third-order valence-corrected chi connectivity index (χ3v) is 7.30. The molecule has 3 rings (SSSR count). The maximum atomic E-state index is 13.7. The molecule has 8 heteroatoms. The second-order valence-electron chi connectivity index (χ2n) is 8.49. The SMILES string of the molecule is CCOC(=O)NC1C2CCC3N(C)C(=O)CC[C@]3(C)C2CCC1C(F)(F)F. The van der Waals surface area contributed by atoms with Crippen LogP contribution in [0.5, 0.6) is 0 Å². The summed E-state index contributed by atoms with van der Waals surface area (Å²) in [6, 6.07) is -0.908. The Bertz CT molecular complexity index is 597. The van der Waals surface area contributed by atoms with E-state index in [2.05, 4.69) is 12.2 Å². The molecule has 0 spiro atoms. The lowest BCUT2D eigenvalue weighted by Crippen LogP contribution is -2.64. The first-order valence-corrected chi connectivity index (χ1v) is 9.85. The largest absolute Gasteiger partial charge is 0.450 e. The Balaban J connectivity index is 1.89. The molecule has 0 aromatic rings. The van der Waals surface area contributed by atoms with E-state index in [0.717, 1.165) is 0 Å². The Labute approximate surface area is 158 Å².